The molecule has 0 radical (unpaired) electrons. The summed E-state index contributed by atoms with van der Waals surface area (Å²) in [6.45, 7) is 6.64. The average molecular weight is 531 g/mol. The van der Waals surface area contributed by atoms with Crippen LogP contribution in [0.5, 0.6) is 0 Å². The Labute approximate surface area is 214 Å². The molecular formula is C27H34ClF3O5. The third-order valence-corrected chi connectivity index (χ3v) is 10.0. The molecule has 36 heavy (non-hydrogen) atoms. The quantitative estimate of drug-likeness (QED) is 0.380. The molecule has 4 aliphatic carbocycles. The fourth-order valence-corrected chi connectivity index (χ4v) is 8.33. The van der Waals surface area contributed by atoms with Crippen LogP contribution >= 0.6 is 11.6 Å². The van der Waals surface area contributed by atoms with Crippen LogP contribution in [-0.2, 0) is 19.1 Å². The number of Topliss-reactive ketones (excluding diaryl/α,β-unsaturated/α-hetero) is 1. The standard InChI is InChI=1S/C27H34ClF3O5/c1-5-6-7-21(35)36-27(20(34)13-28)14(2)10-15-16-11-17(29)22-23(30)18(32)8-9-24(22,3)26(16,31)19(33)12-25(15,27)4/h8-9,14-17,19,33H,5-7,10-13H2,1-4H3/t14-,15+,16+,17+,19+,24+,25+,26+,27-/m1/s1. The van der Waals surface area contributed by atoms with Gasteiger partial charge in [0.15, 0.2) is 22.9 Å². The van der Waals surface area contributed by atoms with Crippen molar-refractivity contribution in [3.63, 3.8) is 0 Å². The van der Waals surface area contributed by atoms with Crippen molar-refractivity contribution in [2.45, 2.75) is 89.8 Å². The molecule has 200 valence electrons. The first-order valence-electron chi connectivity index (χ1n) is 12.7. The molecule has 0 unspecified atom stereocenters. The van der Waals surface area contributed by atoms with Crippen molar-refractivity contribution in [1.82, 2.24) is 0 Å². The Bertz CT molecular complexity index is 1040. The summed E-state index contributed by atoms with van der Waals surface area (Å²) in [6.07, 6.45) is -0.749. The highest BCUT2D eigenvalue weighted by atomic mass is 35.5. The first kappa shape index (κ1) is 27.4. The van der Waals surface area contributed by atoms with Crippen molar-refractivity contribution >= 4 is 29.1 Å². The maximum absolute atomic E-state index is 17.3. The lowest BCUT2D eigenvalue weighted by molar-refractivity contribution is -0.230. The maximum atomic E-state index is 17.3. The monoisotopic (exact) mass is 530 g/mol. The van der Waals surface area contributed by atoms with Gasteiger partial charge in [-0.3, -0.25) is 14.4 Å². The molecule has 4 rings (SSSR count). The number of carbonyl (C=O) groups is 3. The molecule has 0 saturated heterocycles. The topological polar surface area (TPSA) is 80.7 Å². The van der Waals surface area contributed by atoms with Crippen LogP contribution < -0.4 is 0 Å². The lowest BCUT2D eigenvalue weighted by atomic mass is 9.44. The summed E-state index contributed by atoms with van der Waals surface area (Å²) in [5, 5.41) is 11.4. The Kier molecular flexibility index (Phi) is 6.82. The Morgan fingerprint density at radius 1 is 1.25 bits per heavy atom. The minimum Gasteiger partial charge on any atom is -0.450 e. The van der Waals surface area contributed by atoms with Crippen molar-refractivity contribution in [3.05, 3.63) is 23.6 Å². The second-order valence-corrected chi connectivity index (χ2v) is 11.7. The number of hydrogen-bond acceptors (Lipinski definition) is 5. The number of esters is 1. The van der Waals surface area contributed by atoms with Crippen LogP contribution in [-0.4, -0.2) is 52.1 Å². The number of aliphatic hydroxyl groups is 1. The molecule has 5 nitrogen and oxygen atoms in total. The van der Waals surface area contributed by atoms with Crippen LogP contribution in [0.3, 0.4) is 0 Å². The number of fused-ring (bicyclic) bond motifs is 5. The van der Waals surface area contributed by atoms with Crippen molar-refractivity contribution in [2.24, 2.45) is 28.6 Å². The van der Waals surface area contributed by atoms with Gasteiger partial charge < -0.3 is 9.84 Å². The van der Waals surface area contributed by atoms with E-state index in [0.717, 1.165) is 12.5 Å². The first-order chi connectivity index (χ1) is 16.8. The maximum Gasteiger partial charge on any atom is 0.306 e. The molecule has 0 aromatic carbocycles. The van der Waals surface area contributed by atoms with E-state index in [-0.39, 0.29) is 19.3 Å². The molecule has 0 amide bonds. The van der Waals surface area contributed by atoms with E-state index in [9.17, 15) is 23.9 Å². The number of allylic oxidation sites excluding steroid dienone is 4. The number of ketones is 2. The second kappa shape index (κ2) is 8.97. The van der Waals surface area contributed by atoms with Gasteiger partial charge in [0.25, 0.3) is 0 Å². The number of unbranched alkanes of at least 4 members (excludes halogenated alkanes) is 1. The number of ether oxygens (including phenoxy) is 1. The van der Waals surface area contributed by atoms with Gasteiger partial charge in [-0.25, -0.2) is 13.2 Å². The highest BCUT2D eigenvalue weighted by molar-refractivity contribution is 6.29. The Morgan fingerprint density at radius 2 is 1.92 bits per heavy atom. The highest BCUT2D eigenvalue weighted by Crippen LogP contribution is 2.72. The van der Waals surface area contributed by atoms with Crippen LogP contribution in [0, 0.1) is 28.6 Å². The number of carbonyl (C=O) groups excluding carboxylic acids is 3. The van der Waals surface area contributed by atoms with Crippen LogP contribution in [0.4, 0.5) is 13.2 Å². The SMILES string of the molecule is CCCCC(=O)O[C@@]1(C(=O)CCl)[C@H](C)C[C@H]2[C@@H]3C[C@H](F)C4=C(F)C(=O)C=C[C@]4(C)[C@@]3(F)[C@@H](O)C[C@@]21C. The van der Waals surface area contributed by atoms with E-state index in [2.05, 4.69) is 0 Å². The minimum atomic E-state index is -2.50. The summed E-state index contributed by atoms with van der Waals surface area (Å²) in [5.74, 6) is -6.25. The molecule has 3 fully saturated rings. The molecule has 9 heteroatoms. The Morgan fingerprint density at radius 3 is 2.53 bits per heavy atom. The minimum absolute atomic E-state index is 0.0944. The molecule has 0 aromatic rings. The highest BCUT2D eigenvalue weighted by Gasteiger charge is 2.78. The Balaban J connectivity index is 1.85. The molecule has 0 aromatic heterocycles. The van der Waals surface area contributed by atoms with Gasteiger partial charge in [0.05, 0.1) is 12.0 Å². The van der Waals surface area contributed by atoms with E-state index >= 15 is 8.78 Å². The number of hydrogen-bond donors (Lipinski definition) is 1. The van der Waals surface area contributed by atoms with Gasteiger partial charge in [-0.15, -0.1) is 11.6 Å². The largest absolute Gasteiger partial charge is 0.450 e. The molecule has 3 saturated carbocycles. The summed E-state index contributed by atoms with van der Waals surface area (Å²) in [5.41, 5.74) is -7.91. The fraction of sp³-hybridized carbons (Fsp3) is 0.741. The van der Waals surface area contributed by atoms with Crippen LogP contribution in [0.15, 0.2) is 23.6 Å². The van der Waals surface area contributed by atoms with Gasteiger partial charge in [0, 0.05) is 34.7 Å². The predicted octanol–water partition coefficient (Wildman–Crippen LogP) is 5.13. The Hall–Kier alpha value is -1.67. The van der Waals surface area contributed by atoms with Gasteiger partial charge in [-0.1, -0.05) is 33.3 Å². The number of rotatable bonds is 6. The molecule has 1 N–H and O–H groups in total. The third kappa shape index (κ3) is 3.28. The molecule has 0 aliphatic heterocycles. The molecule has 0 spiro atoms. The normalized spacial score (nSPS) is 45.7. The lowest BCUT2D eigenvalue weighted by Crippen LogP contribution is -2.71. The summed E-state index contributed by atoms with van der Waals surface area (Å²) in [7, 11) is 0. The van der Waals surface area contributed by atoms with Gasteiger partial charge in [-0.05, 0) is 44.6 Å². The first-order valence-corrected chi connectivity index (χ1v) is 13.3. The van der Waals surface area contributed by atoms with Crippen molar-refractivity contribution < 1.29 is 37.4 Å². The average Bonchev–Trinajstić information content (AvgIpc) is 3.03. The van der Waals surface area contributed by atoms with E-state index in [1.54, 1.807) is 13.8 Å². The molecule has 9 atom stereocenters. The fourth-order valence-electron chi connectivity index (χ4n) is 8.14. The van der Waals surface area contributed by atoms with Crippen molar-refractivity contribution in [3.8, 4) is 0 Å². The second-order valence-electron chi connectivity index (χ2n) is 11.5. The van der Waals surface area contributed by atoms with E-state index in [1.807, 2.05) is 6.92 Å². The van der Waals surface area contributed by atoms with Gasteiger partial charge in [-0.2, -0.15) is 0 Å². The van der Waals surface area contributed by atoms with Crippen molar-refractivity contribution in [2.75, 3.05) is 5.88 Å². The summed E-state index contributed by atoms with van der Waals surface area (Å²) < 4.78 is 53.7. The predicted molar refractivity (Wildman–Crippen MR) is 127 cm³/mol. The van der Waals surface area contributed by atoms with Crippen LogP contribution in [0.1, 0.15) is 66.2 Å². The molecule has 4 aliphatic rings. The zero-order valence-corrected chi connectivity index (χ0v) is 21.8. The third-order valence-electron chi connectivity index (χ3n) is 9.79. The molecular weight excluding hydrogens is 497 g/mol. The van der Waals surface area contributed by atoms with E-state index in [0.29, 0.717) is 6.42 Å². The number of aliphatic hydroxyl groups excluding tert-OH is 1. The number of halogens is 4. The van der Waals surface area contributed by atoms with Gasteiger partial charge in [0.1, 0.15) is 6.17 Å². The molecule has 0 bridgehead atoms. The number of alkyl halides is 3. The lowest BCUT2D eigenvalue weighted by Gasteiger charge is -2.63. The van der Waals surface area contributed by atoms with Crippen molar-refractivity contribution in [1.29, 1.82) is 0 Å². The van der Waals surface area contributed by atoms with E-state index in [1.165, 1.54) is 13.0 Å². The van der Waals surface area contributed by atoms with E-state index in [4.69, 9.17) is 16.3 Å². The smallest absolute Gasteiger partial charge is 0.306 e. The van der Waals surface area contributed by atoms with Gasteiger partial charge >= 0.3 is 5.97 Å². The van der Waals surface area contributed by atoms with Crippen LogP contribution in [0.2, 0.25) is 0 Å². The molecule has 0 heterocycles. The van der Waals surface area contributed by atoms with Crippen LogP contribution in [0.25, 0.3) is 0 Å². The summed E-state index contributed by atoms with van der Waals surface area (Å²) in [4.78, 5) is 38.2. The zero-order valence-electron chi connectivity index (χ0n) is 21.1. The summed E-state index contributed by atoms with van der Waals surface area (Å²) >= 11 is 6.01. The van der Waals surface area contributed by atoms with E-state index < -0.39 is 93.4 Å². The summed E-state index contributed by atoms with van der Waals surface area (Å²) in [6, 6.07) is 0. The zero-order chi connectivity index (χ0) is 26.8. The van der Waals surface area contributed by atoms with Gasteiger partial charge in [0.2, 0.25) is 5.78 Å².